The molecule has 2 aromatic carbocycles. The zero-order valence-electron chi connectivity index (χ0n) is 17.8. The molecule has 0 radical (unpaired) electrons. The fourth-order valence-electron chi connectivity index (χ4n) is 3.81. The van der Waals surface area contributed by atoms with E-state index in [0.29, 0.717) is 42.6 Å². The van der Waals surface area contributed by atoms with E-state index in [4.69, 9.17) is 21.1 Å². The molecule has 162 valence electrons. The molecule has 0 unspecified atom stereocenters. The van der Waals surface area contributed by atoms with E-state index < -0.39 is 0 Å². The van der Waals surface area contributed by atoms with Crippen molar-refractivity contribution >= 4 is 23.2 Å². The number of benzene rings is 2. The van der Waals surface area contributed by atoms with E-state index >= 15 is 0 Å². The minimum atomic E-state index is -0.0406. The highest BCUT2D eigenvalue weighted by Crippen LogP contribution is 2.32. The number of halogens is 1. The second kappa shape index (κ2) is 8.89. The maximum Gasteiger partial charge on any atom is 0.272 e. The molecule has 7 nitrogen and oxygen atoms in total. The van der Waals surface area contributed by atoms with E-state index in [1.54, 1.807) is 18.9 Å². The van der Waals surface area contributed by atoms with Gasteiger partial charge >= 0.3 is 0 Å². The number of piperazine rings is 1. The molecule has 31 heavy (non-hydrogen) atoms. The van der Waals surface area contributed by atoms with Gasteiger partial charge in [-0.05, 0) is 43.3 Å². The molecule has 0 bridgehead atoms. The Morgan fingerprint density at radius 2 is 1.77 bits per heavy atom. The molecule has 1 fully saturated rings. The van der Waals surface area contributed by atoms with E-state index in [-0.39, 0.29) is 5.91 Å². The molecule has 8 heteroatoms. The van der Waals surface area contributed by atoms with Crippen LogP contribution < -0.4 is 14.4 Å². The van der Waals surface area contributed by atoms with Crippen LogP contribution in [0.3, 0.4) is 0 Å². The van der Waals surface area contributed by atoms with E-state index in [9.17, 15) is 4.79 Å². The Labute approximate surface area is 186 Å². The molecule has 1 aliphatic rings. The summed E-state index contributed by atoms with van der Waals surface area (Å²) in [5.41, 5.74) is 3.06. The average Bonchev–Trinajstić information content (AvgIpc) is 3.20. The first-order valence-electron chi connectivity index (χ1n) is 10.1. The van der Waals surface area contributed by atoms with Gasteiger partial charge in [-0.2, -0.15) is 5.10 Å². The zero-order valence-corrected chi connectivity index (χ0v) is 18.6. The molecule has 0 aliphatic carbocycles. The van der Waals surface area contributed by atoms with Gasteiger partial charge in [0.1, 0.15) is 17.2 Å². The number of hydrogen-bond acceptors (Lipinski definition) is 5. The zero-order chi connectivity index (χ0) is 22.0. The lowest BCUT2D eigenvalue weighted by atomic mass is 10.2. The van der Waals surface area contributed by atoms with Gasteiger partial charge in [-0.25, -0.2) is 4.68 Å². The van der Waals surface area contributed by atoms with Gasteiger partial charge in [-0.1, -0.05) is 17.7 Å². The molecule has 1 aromatic heterocycles. The summed E-state index contributed by atoms with van der Waals surface area (Å²) >= 11 is 6.19. The predicted molar refractivity (Wildman–Crippen MR) is 121 cm³/mol. The Morgan fingerprint density at radius 3 is 2.48 bits per heavy atom. The number of amides is 1. The second-order valence-corrected chi connectivity index (χ2v) is 7.82. The number of carbonyl (C=O) groups excluding carboxylic acids is 1. The lowest BCUT2D eigenvalue weighted by Crippen LogP contribution is -2.49. The third-order valence-electron chi connectivity index (χ3n) is 5.40. The maximum absolute atomic E-state index is 13.4. The summed E-state index contributed by atoms with van der Waals surface area (Å²) < 4.78 is 12.5. The predicted octanol–water partition coefficient (Wildman–Crippen LogP) is 3.81. The average molecular weight is 441 g/mol. The monoisotopic (exact) mass is 440 g/mol. The first kappa shape index (κ1) is 21.1. The van der Waals surface area contributed by atoms with Crippen molar-refractivity contribution in [2.45, 2.75) is 6.92 Å². The Kier molecular flexibility index (Phi) is 6.04. The third-order valence-corrected chi connectivity index (χ3v) is 5.63. The molecular formula is C23H25ClN4O3. The molecule has 0 N–H and O–H groups in total. The SMILES string of the molecule is COc1cccc(-n2nc(C)cc2C(=O)N2CCN(c3cc(Cl)ccc3OC)CC2)c1. The number of aromatic nitrogens is 2. The molecule has 1 amide bonds. The van der Waals surface area contributed by atoms with Gasteiger partial charge in [0.05, 0.1) is 31.3 Å². The number of aryl methyl sites for hydroxylation is 1. The topological polar surface area (TPSA) is 59.8 Å². The van der Waals surface area contributed by atoms with Crippen molar-refractivity contribution in [3.8, 4) is 17.2 Å². The van der Waals surface area contributed by atoms with Crippen molar-refractivity contribution in [3.63, 3.8) is 0 Å². The van der Waals surface area contributed by atoms with E-state index in [1.807, 2.05) is 60.4 Å². The van der Waals surface area contributed by atoms with Crippen LogP contribution in [0.25, 0.3) is 5.69 Å². The maximum atomic E-state index is 13.4. The van der Waals surface area contributed by atoms with Crippen molar-refractivity contribution in [1.82, 2.24) is 14.7 Å². The van der Waals surface area contributed by atoms with E-state index in [1.165, 1.54) is 0 Å². The van der Waals surface area contributed by atoms with Crippen molar-refractivity contribution in [2.24, 2.45) is 0 Å². The smallest absolute Gasteiger partial charge is 0.272 e. The normalized spacial score (nSPS) is 13.9. The Morgan fingerprint density at radius 1 is 1.00 bits per heavy atom. The fourth-order valence-corrected chi connectivity index (χ4v) is 3.98. The minimum Gasteiger partial charge on any atom is -0.497 e. The first-order chi connectivity index (χ1) is 15.0. The van der Waals surface area contributed by atoms with Gasteiger partial charge in [0.15, 0.2) is 0 Å². The fraction of sp³-hybridized carbons (Fsp3) is 0.304. The molecule has 0 saturated carbocycles. The lowest BCUT2D eigenvalue weighted by molar-refractivity contribution is 0.0737. The van der Waals surface area contributed by atoms with Crippen LogP contribution in [-0.4, -0.2) is 61.0 Å². The summed E-state index contributed by atoms with van der Waals surface area (Å²) in [6.45, 7) is 4.45. The van der Waals surface area contributed by atoms with Crippen LogP contribution in [0.15, 0.2) is 48.5 Å². The number of methoxy groups -OCH3 is 2. The third kappa shape index (κ3) is 4.32. The van der Waals surface area contributed by atoms with Crippen molar-refractivity contribution < 1.29 is 14.3 Å². The van der Waals surface area contributed by atoms with Gasteiger partial charge in [-0.3, -0.25) is 4.79 Å². The van der Waals surface area contributed by atoms with E-state index in [2.05, 4.69) is 10.00 Å². The summed E-state index contributed by atoms with van der Waals surface area (Å²) in [5.74, 6) is 1.45. The Balaban J connectivity index is 1.53. The summed E-state index contributed by atoms with van der Waals surface area (Å²) in [7, 11) is 3.27. The molecule has 4 rings (SSSR count). The van der Waals surface area contributed by atoms with Crippen LogP contribution in [-0.2, 0) is 0 Å². The summed E-state index contributed by atoms with van der Waals surface area (Å²) in [4.78, 5) is 17.4. The molecule has 2 heterocycles. The van der Waals surface area contributed by atoms with Gasteiger partial charge in [-0.15, -0.1) is 0 Å². The second-order valence-electron chi connectivity index (χ2n) is 7.38. The first-order valence-corrected chi connectivity index (χ1v) is 10.5. The summed E-state index contributed by atoms with van der Waals surface area (Å²) in [6.07, 6.45) is 0. The van der Waals surface area contributed by atoms with Crippen LogP contribution in [0.1, 0.15) is 16.2 Å². The van der Waals surface area contributed by atoms with Crippen LogP contribution in [0.4, 0.5) is 5.69 Å². The summed E-state index contributed by atoms with van der Waals surface area (Å²) in [6, 6.07) is 14.9. The number of carbonyl (C=O) groups is 1. The standard InChI is InChI=1S/C23H25ClN4O3/c1-16-13-21(28(25-16)18-5-4-6-19(15-18)30-2)23(29)27-11-9-26(10-12-27)20-14-17(24)7-8-22(20)31-3/h4-8,13-15H,9-12H2,1-3H3. The van der Waals surface area contributed by atoms with Gasteiger partial charge in [0.25, 0.3) is 5.91 Å². The number of anilines is 1. The minimum absolute atomic E-state index is 0.0406. The van der Waals surface area contributed by atoms with E-state index in [0.717, 1.165) is 22.8 Å². The van der Waals surface area contributed by atoms with Crippen molar-refractivity contribution in [1.29, 1.82) is 0 Å². The molecule has 1 saturated heterocycles. The van der Waals surface area contributed by atoms with Crippen LogP contribution in [0.5, 0.6) is 11.5 Å². The number of nitrogens with zero attached hydrogens (tertiary/aromatic N) is 4. The van der Waals surface area contributed by atoms with Crippen LogP contribution >= 0.6 is 11.6 Å². The summed E-state index contributed by atoms with van der Waals surface area (Å²) in [5, 5.41) is 5.20. The lowest BCUT2D eigenvalue weighted by Gasteiger charge is -2.36. The highest BCUT2D eigenvalue weighted by atomic mass is 35.5. The largest absolute Gasteiger partial charge is 0.497 e. The highest BCUT2D eigenvalue weighted by Gasteiger charge is 2.27. The van der Waals surface area contributed by atoms with Gasteiger partial charge in [0, 0.05) is 37.3 Å². The molecular weight excluding hydrogens is 416 g/mol. The van der Waals surface area contributed by atoms with Crippen LogP contribution in [0, 0.1) is 6.92 Å². The van der Waals surface area contributed by atoms with Crippen molar-refractivity contribution in [2.75, 3.05) is 45.3 Å². The van der Waals surface area contributed by atoms with Crippen LogP contribution in [0.2, 0.25) is 5.02 Å². The quantitative estimate of drug-likeness (QED) is 0.603. The number of rotatable bonds is 5. The highest BCUT2D eigenvalue weighted by molar-refractivity contribution is 6.30. The number of hydrogen-bond donors (Lipinski definition) is 0. The van der Waals surface area contributed by atoms with Gasteiger partial charge in [0.2, 0.25) is 0 Å². The molecule has 3 aromatic rings. The Bertz CT molecular complexity index is 1090. The van der Waals surface area contributed by atoms with Crippen molar-refractivity contribution in [3.05, 3.63) is 64.9 Å². The molecule has 0 atom stereocenters. The Hall–Kier alpha value is -3.19. The van der Waals surface area contributed by atoms with Gasteiger partial charge < -0.3 is 19.3 Å². The molecule has 0 spiro atoms. The number of ether oxygens (including phenoxy) is 2. The molecule has 1 aliphatic heterocycles.